The maximum atomic E-state index is 12.2. The van der Waals surface area contributed by atoms with E-state index in [1.807, 2.05) is 0 Å². The van der Waals surface area contributed by atoms with Crippen LogP contribution >= 0.6 is 0 Å². The smallest absolute Gasteiger partial charge is 0.465 e. The summed E-state index contributed by atoms with van der Waals surface area (Å²) >= 11 is 0. The molecule has 1 N–H and O–H groups in total. The van der Waals surface area contributed by atoms with Gasteiger partial charge in [0, 0.05) is 5.92 Å². The third kappa shape index (κ3) is 6.83. The van der Waals surface area contributed by atoms with Gasteiger partial charge in [0.25, 0.3) is 0 Å². The van der Waals surface area contributed by atoms with Gasteiger partial charge in [0.2, 0.25) is 0 Å². The van der Waals surface area contributed by atoms with E-state index in [1.165, 1.54) is 19.2 Å². The molecule has 0 bridgehead atoms. The first kappa shape index (κ1) is 22.3. The van der Waals surface area contributed by atoms with Crippen molar-refractivity contribution in [1.29, 1.82) is 0 Å². The summed E-state index contributed by atoms with van der Waals surface area (Å²) in [7, 11) is 1.27. The average molecular weight is 410 g/mol. The Bertz CT molecular complexity index is 840. The molecule has 8 heteroatoms. The minimum Gasteiger partial charge on any atom is -0.465 e. The first-order chi connectivity index (χ1) is 13.6. The molecule has 0 amide bonds. The molecular formula is C21H21F3O5. The van der Waals surface area contributed by atoms with Crippen LogP contribution < -0.4 is 9.47 Å². The molecule has 2 aromatic carbocycles. The van der Waals surface area contributed by atoms with Gasteiger partial charge in [-0.2, -0.15) is 0 Å². The second-order valence-corrected chi connectivity index (χ2v) is 6.32. The number of rotatable bonds is 7. The van der Waals surface area contributed by atoms with Gasteiger partial charge in [-0.3, -0.25) is 0 Å². The number of aliphatic hydroxyl groups excluding tert-OH is 1. The summed E-state index contributed by atoms with van der Waals surface area (Å²) in [6.45, 7) is 3.40. The minimum absolute atomic E-state index is 0.266. The molecule has 0 aromatic heterocycles. The van der Waals surface area contributed by atoms with E-state index >= 15 is 0 Å². The lowest BCUT2D eigenvalue weighted by atomic mass is 9.98. The van der Waals surface area contributed by atoms with Crippen molar-refractivity contribution in [3.05, 3.63) is 60.2 Å². The van der Waals surface area contributed by atoms with Crippen molar-refractivity contribution < 1.29 is 37.3 Å². The first-order valence-electron chi connectivity index (χ1n) is 8.71. The Hall–Kier alpha value is -3.00. The van der Waals surface area contributed by atoms with Crippen molar-refractivity contribution in [2.75, 3.05) is 7.11 Å². The highest BCUT2D eigenvalue weighted by molar-refractivity contribution is 6.16. The Morgan fingerprint density at radius 2 is 1.45 bits per heavy atom. The molecule has 2 rings (SSSR count). The van der Waals surface area contributed by atoms with Crippen LogP contribution in [-0.4, -0.2) is 30.7 Å². The van der Waals surface area contributed by atoms with Crippen molar-refractivity contribution in [2.24, 2.45) is 5.92 Å². The summed E-state index contributed by atoms with van der Waals surface area (Å²) in [5.41, 5.74) is 0.881. The summed E-state index contributed by atoms with van der Waals surface area (Å²) in [6.07, 6.45) is -3.76. The van der Waals surface area contributed by atoms with Crippen LogP contribution in [0.5, 0.6) is 17.2 Å². The lowest BCUT2D eigenvalue weighted by Gasteiger charge is -2.13. The highest BCUT2D eigenvalue weighted by atomic mass is 19.4. The van der Waals surface area contributed by atoms with Gasteiger partial charge in [-0.15, -0.1) is 13.2 Å². The summed E-state index contributed by atoms with van der Waals surface area (Å²) in [5, 5.41) is 9.67. The summed E-state index contributed by atoms with van der Waals surface area (Å²) < 4.78 is 50.8. The zero-order valence-corrected chi connectivity index (χ0v) is 16.1. The number of halogens is 3. The van der Waals surface area contributed by atoms with Crippen molar-refractivity contribution in [3.8, 4) is 17.2 Å². The number of carbonyl (C=O) groups excluding carboxylic acids is 1. The molecule has 5 nitrogen and oxygen atoms in total. The molecule has 0 heterocycles. The van der Waals surface area contributed by atoms with Crippen molar-refractivity contribution in [2.45, 2.75) is 26.3 Å². The number of carbonyl (C=O) groups is 1. The van der Waals surface area contributed by atoms with Crippen LogP contribution in [0.25, 0.3) is 5.57 Å². The van der Waals surface area contributed by atoms with Gasteiger partial charge in [0.1, 0.15) is 17.2 Å². The Kier molecular flexibility index (Phi) is 7.28. The highest BCUT2D eigenvalue weighted by Crippen LogP contribution is 2.28. The van der Waals surface area contributed by atoms with E-state index in [4.69, 9.17) is 9.47 Å². The monoisotopic (exact) mass is 410 g/mol. The van der Waals surface area contributed by atoms with Crippen LogP contribution in [0.2, 0.25) is 0 Å². The quantitative estimate of drug-likeness (QED) is 0.517. The van der Waals surface area contributed by atoms with Crippen LogP contribution in [0.1, 0.15) is 19.4 Å². The molecule has 0 aliphatic carbocycles. The van der Waals surface area contributed by atoms with E-state index in [0.29, 0.717) is 22.6 Å². The van der Waals surface area contributed by atoms with Crippen LogP contribution in [0.4, 0.5) is 13.2 Å². The number of benzene rings is 2. The summed E-state index contributed by atoms with van der Waals surface area (Å²) in [5.74, 6) is -0.408. The highest BCUT2D eigenvalue weighted by Gasteiger charge is 2.31. The molecule has 0 aliphatic rings. The predicted molar refractivity (Wildman–Crippen MR) is 100 cm³/mol. The van der Waals surface area contributed by atoms with E-state index in [-0.39, 0.29) is 11.7 Å². The Morgan fingerprint density at radius 3 is 1.90 bits per heavy atom. The normalized spacial score (nSPS) is 14.1. The minimum atomic E-state index is -4.76. The largest absolute Gasteiger partial charge is 0.573 e. The fraction of sp³-hybridized carbons (Fsp3) is 0.286. The molecule has 0 fully saturated rings. The van der Waals surface area contributed by atoms with E-state index in [9.17, 15) is 23.1 Å². The van der Waals surface area contributed by atoms with Crippen molar-refractivity contribution >= 4 is 11.5 Å². The molecule has 0 aliphatic heterocycles. The number of methoxy groups -OCH3 is 1. The number of ether oxygens (including phenoxy) is 3. The zero-order valence-electron chi connectivity index (χ0n) is 16.1. The molecule has 2 aromatic rings. The van der Waals surface area contributed by atoms with Crippen molar-refractivity contribution in [3.63, 3.8) is 0 Å². The lowest BCUT2D eigenvalue weighted by Crippen LogP contribution is -2.16. The van der Waals surface area contributed by atoms with Gasteiger partial charge in [-0.05, 0) is 48.9 Å². The van der Waals surface area contributed by atoms with Gasteiger partial charge >= 0.3 is 12.3 Å². The molecule has 0 saturated carbocycles. The average Bonchev–Trinajstić information content (AvgIpc) is 2.66. The van der Waals surface area contributed by atoms with E-state index < -0.39 is 18.4 Å². The van der Waals surface area contributed by atoms with Crippen LogP contribution in [0, 0.1) is 5.92 Å². The molecular weight excluding hydrogens is 389 g/mol. The lowest BCUT2D eigenvalue weighted by molar-refractivity contribution is -0.274. The zero-order chi connectivity index (χ0) is 21.6. The second-order valence-electron chi connectivity index (χ2n) is 6.32. The van der Waals surface area contributed by atoms with E-state index in [1.54, 1.807) is 44.2 Å². The number of esters is 1. The molecule has 2 unspecified atom stereocenters. The van der Waals surface area contributed by atoms with Crippen molar-refractivity contribution in [1.82, 2.24) is 0 Å². The fourth-order valence-corrected chi connectivity index (χ4v) is 2.34. The SMILES string of the molecule is COC(=O)C(=CC(C)C(C)O)c1ccc(Oc2ccc(OC(F)(F)F)cc2)cc1. The van der Waals surface area contributed by atoms with Crippen LogP contribution in [-0.2, 0) is 9.53 Å². The van der Waals surface area contributed by atoms with Crippen LogP contribution in [0.3, 0.4) is 0 Å². The number of hydrogen-bond acceptors (Lipinski definition) is 5. The predicted octanol–water partition coefficient (Wildman–Crippen LogP) is 4.95. The second kappa shape index (κ2) is 9.47. The molecule has 0 radical (unpaired) electrons. The Morgan fingerprint density at radius 1 is 0.966 bits per heavy atom. The molecule has 2 atom stereocenters. The van der Waals surface area contributed by atoms with Gasteiger partial charge in [-0.25, -0.2) is 4.79 Å². The topological polar surface area (TPSA) is 65.0 Å². The number of hydrogen-bond donors (Lipinski definition) is 1. The first-order valence-corrected chi connectivity index (χ1v) is 8.71. The maximum Gasteiger partial charge on any atom is 0.573 e. The summed E-state index contributed by atoms with van der Waals surface area (Å²) in [4.78, 5) is 12.1. The van der Waals surface area contributed by atoms with Gasteiger partial charge in [0.05, 0.1) is 18.8 Å². The fourth-order valence-electron chi connectivity index (χ4n) is 2.34. The van der Waals surface area contributed by atoms with Gasteiger partial charge in [0.15, 0.2) is 0 Å². The Balaban J connectivity index is 2.15. The number of aliphatic hydroxyl groups is 1. The molecule has 0 spiro atoms. The van der Waals surface area contributed by atoms with Gasteiger partial charge in [-0.1, -0.05) is 25.1 Å². The van der Waals surface area contributed by atoms with Gasteiger partial charge < -0.3 is 19.3 Å². The maximum absolute atomic E-state index is 12.2. The summed E-state index contributed by atoms with van der Waals surface area (Å²) in [6, 6.07) is 11.5. The van der Waals surface area contributed by atoms with Crippen LogP contribution in [0.15, 0.2) is 54.6 Å². The Labute approximate surface area is 166 Å². The molecule has 156 valence electrons. The molecule has 29 heavy (non-hydrogen) atoms. The van der Waals surface area contributed by atoms with E-state index in [0.717, 1.165) is 12.1 Å². The third-order valence-electron chi connectivity index (χ3n) is 4.05. The number of alkyl halides is 3. The van der Waals surface area contributed by atoms with E-state index in [2.05, 4.69) is 4.74 Å². The molecule has 0 saturated heterocycles. The standard InChI is InChI=1S/C21H21F3O5/c1-13(14(2)25)12-19(20(26)27-3)15-4-6-16(7-5-15)28-17-8-10-18(11-9-17)29-21(22,23)24/h4-14,25H,1-3H3. The third-order valence-corrected chi connectivity index (χ3v) is 4.05.